The van der Waals surface area contributed by atoms with E-state index in [0.29, 0.717) is 0 Å². The van der Waals surface area contributed by atoms with E-state index in [2.05, 4.69) is 49.4 Å². The van der Waals surface area contributed by atoms with E-state index in [-0.39, 0.29) is 0 Å². The van der Waals surface area contributed by atoms with E-state index in [1.54, 1.807) is 11.1 Å². The number of allylic oxidation sites excluding steroid dienone is 1. The van der Waals surface area contributed by atoms with Gasteiger partial charge in [0.25, 0.3) is 0 Å². The van der Waals surface area contributed by atoms with Crippen molar-refractivity contribution in [2.75, 3.05) is 0 Å². The Morgan fingerprint density at radius 1 is 0.917 bits per heavy atom. The first kappa shape index (κ1) is 19.0. The third-order valence-electron chi connectivity index (χ3n) is 4.45. The first-order chi connectivity index (χ1) is 11.3. The Labute approximate surface area is 162 Å². The van der Waals surface area contributed by atoms with E-state index in [0.717, 1.165) is 6.42 Å². The molecule has 0 spiro atoms. The molecule has 0 aliphatic heterocycles. The fourth-order valence-electron chi connectivity index (χ4n) is 3.67. The molecule has 0 aromatic heterocycles. The zero-order valence-corrected chi connectivity index (χ0v) is 18.9. The SMILES string of the molecule is CC1=Cc2c(cc3c(c2-c2ccccc2)CCC3)C1.[Cl][Zr]([Cl])([Cl])[Cl]. The van der Waals surface area contributed by atoms with E-state index < -0.39 is 15.5 Å². The van der Waals surface area contributed by atoms with Crippen molar-refractivity contribution in [2.24, 2.45) is 0 Å². The molecule has 5 heteroatoms. The van der Waals surface area contributed by atoms with Crippen molar-refractivity contribution in [3.8, 4) is 11.1 Å². The molecule has 24 heavy (non-hydrogen) atoms. The predicted molar refractivity (Wildman–Crippen MR) is 105 cm³/mol. The van der Waals surface area contributed by atoms with Crippen LogP contribution in [0.4, 0.5) is 0 Å². The van der Waals surface area contributed by atoms with Crippen LogP contribution in [-0.2, 0) is 34.8 Å². The second-order valence-electron chi connectivity index (χ2n) is 6.28. The van der Waals surface area contributed by atoms with Gasteiger partial charge in [0.1, 0.15) is 0 Å². The minimum absolute atomic E-state index is 1.14. The van der Waals surface area contributed by atoms with Crippen molar-refractivity contribution in [3.63, 3.8) is 0 Å². The predicted octanol–water partition coefficient (Wildman–Crippen LogP) is 7.56. The summed E-state index contributed by atoms with van der Waals surface area (Å²) >= 11 is -3.29. The maximum atomic E-state index is 5.04. The number of aryl methyl sites for hydroxylation is 1. The van der Waals surface area contributed by atoms with Crippen LogP contribution >= 0.6 is 34.1 Å². The summed E-state index contributed by atoms with van der Waals surface area (Å²) in [6.45, 7) is 2.25. The quantitative estimate of drug-likeness (QED) is 0.396. The molecule has 0 fully saturated rings. The summed E-state index contributed by atoms with van der Waals surface area (Å²) in [5, 5.41) is 0. The summed E-state index contributed by atoms with van der Waals surface area (Å²) in [5.41, 5.74) is 10.6. The maximum absolute atomic E-state index is 5.04. The summed E-state index contributed by atoms with van der Waals surface area (Å²) in [5.74, 6) is 0. The molecule has 0 amide bonds. The fourth-order valence-corrected chi connectivity index (χ4v) is 3.67. The molecule has 0 saturated carbocycles. The molecule has 2 aromatic carbocycles. The molecule has 0 saturated heterocycles. The third-order valence-corrected chi connectivity index (χ3v) is 4.45. The van der Waals surface area contributed by atoms with Crippen molar-refractivity contribution in [2.45, 2.75) is 32.6 Å². The van der Waals surface area contributed by atoms with Crippen molar-refractivity contribution in [1.82, 2.24) is 0 Å². The molecule has 0 radical (unpaired) electrons. The molecule has 0 heterocycles. The molecular weight excluding hydrogens is 461 g/mol. The molecule has 0 N–H and O–H groups in total. The monoisotopic (exact) mass is 476 g/mol. The van der Waals surface area contributed by atoms with Gasteiger partial charge >= 0.3 is 49.5 Å². The van der Waals surface area contributed by atoms with Gasteiger partial charge in [-0.3, -0.25) is 0 Å². The van der Waals surface area contributed by atoms with Crippen LogP contribution in [0, 0.1) is 0 Å². The van der Waals surface area contributed by atoms with Crippen LogP contribution in [0.3, 0.4) is 0 Å². The Hall–Kier alpha value is 0.223. The van der Waals surface area contributed by atoms with Gasteiger partial charge in [0.2, 0.25) is 0 Å². The number of hydrogen-bond donors (Lipinski definition) is 0. The summed E-state index contributed by atoms with van der Waals surface area (Å²) in [6.07, 6.45) is 7.38. The average Bonchev–Trinajstić information content (AvgIpc) is 3.08. The molecule has 2 aromatic rings. The first-order valence-corrected chi connectivity index (χ1v) is 20.6. The van der Waals surface area contributed by atoms with Crippen molar-refractivity contribution in [1.29, 1.82) is 0 Å². The number of hydrogen-bond acceptors (Lipinski definition) is 0. The van der Waals surface area contributed by atoms with E-state index in [1.807, 2.05) is 0 Å². The van der Waals surface area contributed by atoms with Crippen LogP contribution in [-0.4, -0.2) is 0 Å². The van der Waals surface area contributed by atoms with E-state index >= 15 is 0 Å². The number of rotatable bonds is 1. The topological polar surface area (TPSA) is 0 Å². The van der Waals surface area contributed by atoms with Crippen LogP contribution in [0.1, 0.15) is 35.6 Å². The van der Waals surface area contributed by atoms with Crippen LogP contribution in [0.15, 0.2) is 42.0 Å². The number of fused-ring (bicyclic) bond motifs is 2. The van der Waals surface area contributed by atoms with Crippen molar-refractivity contribution in [3.05, 3.63) is 64.2 Å². The first-order valence-electron chi connectivity index (χ1n) is 7.99. The molecule has 4 rings (SSSR count). The third kappa shape index (κ3) is 4.68. The molecule has 2 aliphatic rings. The molecule has 0 bridgehead atoms. The Morgan fingerprint density at radius 3 is 2.25 bits per heavy atom. The summed E-state index contributed by atoms with van der Waals surface area (Å²) in [4.78, 5) is 0. The van der Waals surface area contributed by atoms with E-state index in [1.165, 1.54) is 47.1 Å². The second-order valence-corrected chi connectivity index (χ2v) is 28.7. The Kier molecular flexibility index (Phi) is 6.21. The summed E-state index contributed by atoms with van der Waals surface area (Å²) in [6, 6.07) is 13.4. The van der Waals surface area contributed by atoms with Crippen LogP contribution in [0.5, 0.6) is 0 Å². The molecule has 0 nitrogen and oxygen atoms in total. The van der Waals surface area contributed by atoms with Gasteiger partial charge < -0.3 is 0 Å². The minimum atomic E-state index is -3.29. The van der Waals surface area contributed by atoms with Crippen molar-refractivity contribution < 1.29 is 15.5 Å². The normalized spacial score (nSPS) is 15.3. The molecular formula is C19H18Cl4Zr. The standard InChI is InChI=1S/C19H18.4ClH.Zr/c1-13-10-16-12-15-8-5-9-17(15)19(18(16)11-13)14-6-3-2-4-7-14;;;;;/h2-4,6-7,11-12H,5,8-10H2,1H3;4*1H;/q;;;;;+4/p-4. The van der Waals surface area contributed by atoms with Gasteiger partial charge in [0.05, 0.1) is 0 Å². The van der Waals surface area contributed by atoms with Gasteiger partial charge in [0.15, 0.2) is 0 Å². The van der Waals surface area contributed by atoms with Gasteiger partial charge in [-0.2, -0.15) is 0 Å². The van der Waals surface area contributed by atoms with Crippen LogP contribution < -0.4 is 0 Å². The van der Waals surface area contributed by atoms with E-state index in [9.17, 15) is 0 Å². The molecule has 0 unspecified atom stereocenters. The van der Waals surface area contributed by atoms with Crippen LogP contribution in [0.25, 0.3) is 17.2 Å². The molecule has 126 valence electrons. The number of benzene rings is 2. The van der Waals surface area contributed by atoms with Gasteiger partial charge in [-0.25, -0.2) is 0 Å². The van der Waals surface area contributed by atoms with Crippen LogP contribution in [0.2, 0.25) is 0 Å². The van der Waals surface area contributed by atoms with E-state index in [4.69, 9.17) is 34.1 Å². The fraction of sp³-hybridized carbons (Fsp3) is 0.263. The molecule has 0 atom stereocenters. The van der Waals surface area contributed by atoms with Crippen molar-refractivity contribution >= 4 is 40.1 Å². The Bertz CT molecular complexity index is 770. The van der Waals surface area contributed by atoms with Gasteiger partial charge in [-0.1, -0.05) is 48.0 Å². The molecule has 2 aliphatic carbocycles. The zero-order valence-electron chi connectivity index (χ0n) is 13.4. The number of halogens is 4. The second kappa shape index (κ2) is 7.85. The Balaban J connectivity index is 0.000000300. The zero-order chi connectivity index (χ0) is 17.3. The van der Waals surface area contributed by atoms with Gasteiger partial charge in [-0.15, -0.1) is 0 Å². The van der Waals surface area contributed by atoms with Gasteiger partial charge in [0, 0.05) is 0 Å². The Morgan fingerprint density at radius 2 is 1.58 bits per heavy atom. The van der Waals surface area contributed by atoms with Gasteiger partial charge in [-0.05, 0) is 66.0 Å². The summed E-state index contributed by atoms with van der Waals surface area (Å²) in [7, 11) is 20.1. The average molecular weight is 479 g/mol. The summed E-state index contributed by atoms with van der Waals surface area (Å²) < 4.78 is 0.